The third-order valence-electron chi connectivity index (χ3n) is 4.01. The molecular formula is C16H21N3O2. The van der Waals surface area contributed by atoms with Crippen molar-refractivity contribution in [2.45, 2.75) is 38.8 Å². The molecule has 2 aromatic rings. The van der Waals surface area contributed by atoms with Crippen molar-refractivity contribution in [2.24, 2.45) is 0 Å². The van der Waals surface area contributed by atoms with E-state index in [2.05, 4.69) is 23.4 Å². The van der Waals surface area contributed by atoms with Gasteiger partial charge in [-0.2, -0.15) is 5.10 Å². The van der Waals surface area contributed by atoms with Crippen LogP contribution in [0.15, 0.2) is 24.4 Å². The van der Waals surface area contributed by atoms with Crippen LogP contribution in [-0.4, -0.2) is 34.9 Å². The highest BCUT2D eigenvalue weighted by atomic mass is 16.5. The highest BCUT2D eigenvalue weighted by Gasteiger charge is 2.16. The van der Waals surface area contributed by atoms with Gasteiger partial charge in [0.15, 0.2) is 0 Å². The van der Waals surface area contributed by atoms with Crippen LogP contribution in [0, 0.1) is 6.92 Å². The number of carbonyl (C=O) groups is 1. The van der Waals surface area contributed by atoms with E-state index in [0.29, 0.717) is 19.5 Å². The standard InChI is InChI=1S/C16H21N3O2/c1-12-4-2-6-15-14(12)11-18-19(15)8-7-16(20)17-10-13-5-3-9-21-13/h2,4,6,11,13H,3,5,7-10H2,1H3,(H,17,20). The fourth-order valence-corrected chi connectivity index (χ4v) is 2.75. The first-order valence-corrected chi connectivity index (χ1v) is 7.53. The maximum absolute atomic E-state index is 11.9. The van der Waals surface area contributed by atoms with E-state index in [9.17, 15) is 4.79 Å². The average molecular weight is 287 g/mol. The summed E-state index contributed by atoms with van der Waals surface area (Å²) in [7, 11) is 0. The monoisotopic (exact) mass is 287 g/mol. The minimum absolute atomic E-state index is 0.0572. The Labute approximate surface area is 124 Å². The Morgan fingerprint density at radius 1 is 1.52 bits per heavy atom. The lowest BCUT2D eigenvalue weighted by Crippen LogP contribution is -2.32. The largest absolute Gasteiger partial charge is 0.376 e. The number of ether oxygens (including phenoxy) is 1. The fraction of sp³-hybridized carbons (Fsp3) is 0.500. The number of aryl methyl sites for hydroxylation is 2. The molecule has 112 valence electrons. The van der Waals surface area contributed by atoms with Crippen molar-refractivity contribution in [3.8, 4) is 0 Å². The Kier molecular flexibility index (Phi) is 4.20. The SMILES string of the molecule is Cc1cccc2c1cnn2CCC(=O)NCC1CCCO1. The lowest BCUT2D eigenvalue weighted by atomic mass is 10.1. The molecule has 1 saturated heterocycles. The number of fused-ring (bicyclic) bond motifs is 1. The number of carbonyl (C=O) groups excluding carboxylic acids is 1. The van der Waals surface area contributed by atoms with E-state index in [1.165, 1.54) is 5.56 Å². The number of amides is 1. The zero-order valence-electron chi connectivity index (χ0n) is 12.3. The molecule has 0 radical (unpaired) electrons. The first-order chi connectivity index (χ1) is 10.2. The van der Waals surface area contributed by atoms with Crippen LogP contribution in [0.2, 0.25) is 0 Å². The summed E-state index contributed by atoms with van der Waals surface area (Å²) in [6.07, 6.45) is 4.65. The van der Waals surface area contributed by atoms with Gasteiger partial charge in [-0.15, -0.1) is 0 Å². The van der Waals surface area contributed by atoms with Crippen LogP contribution in [0.3, 0.4) is 0 Å². The number of hydrogen-bond acceptors (Lipinski definition) is 3. The Morgan fingerprint density at radius 3 is 3.24 bits per heavy atom. The highest BCUT2D eigenvalue weighted by molar-refractivity contribution is 5.82. The summed E-state index contributed by atoms with van der Waals surface area (Å²) >= 11 is 0. The van der Waals surface area contributed by atoms with Crippen molar-refractivity contribution in [1.82, 2.24) is 15.1 Å². The van der Waals surface area contributed by atoms with Crippen molar-refractivity contribution >= 4 is 16.8 Å². The topological polar surface area (TPSA) is 56.2 Å². The average Bonchev–Trinajstić information content (AvgIpc) is 3.13. The Balaban J connectivity index is 1.53. The number of rotatable bonds is 5. The van der Waals surface area contributed by atoms with E-state index >= 15 is 0 Å². The van der Waals surface area contributed by atoms with E-state index in [4.69, 9.17) is 4.74 Å². The van der Waals surface area contributed by atoms with Gasteiger partial charge in [0.2, 0.25) is 5.91 Å². The maximum atomic E-state index is 11.9. The van der Waals surface area contributed by atoms with Crippen LogP contribution in [0.4, 0.5) is 0 Å². The summed E-state index contributed by atoms with van der Waals surface area (Å²) < 4.78 is 7.39. The lowest BCUT2D eigenvalue weighted by Gasteiger charge is -2.11. The summed E-state index contributed by atoms with van der Waals surface area (Å²) in [4.78, 5) is 11.9. The van der Waals surface area contributed by atoms with Crippen LogP contribution < -0.4 is 5.32 Å². The highest BCUT2D eigenvalue weighted by Crippen LogP contribution is 2.17. The zero-order valence-corrected chi connectivity index (χ0v) is 12.3. The van der Waals surface area contributed by atoms with Gasteiger partial charge in [0.1, 0.15) is 0 Å². The van der Waals surface area contributed by atoms with Gasteiger partial charge in [0.25, 0.3) is 0 Å². The van der Waals surface area contributed by atoms with E-state index in [1.807, 2.05) is 23.0 Å². The van der Waals surface area contributed by atoms with Gasteiger partial charge >= 0.3 is 0 Å². The number of nitrogens with zero attached hydrogens (tertiary/aromatic N) is 2. The third kappa shape index (κ3) is 3.24. The van der Waals surface area contributed by atoms with Gasteiger partial charge in [0.05, 0.1) is 24.4 Å². The van der Waals surface area contributed by atoms with Crippen LogP contribution in [0.1, 0.15) is 24.8 Å². The molecule has 1 aliphatic rings. The van der Waals surface area contributed by atoms with Crippen LogP contribution >= 0.6 is 0 Å². The summed E-state index contributed by atoms with van der Waals surface area (Å²) in [5.74, 6) is 0.0572. The minimum Gasteiger partial charge on any atom is -0.376 e. The second-order valence-electron chi connectivity index (χ2n) is 5.56. The van der Waals surface area contributed by atoms with Crippen molar-refractivity contribution in [3.63, 3.8) is 0 Å². The second kappa shape index (κ2) is 6.26. The van der Waals surface area contributed by atoms with Gasteiger partial charge < -0.3 is 10.1 Å². The molecule has 1 aromatic heterocycles. The summed E-state index contributed by atoms with van der Waals surface area (Å²) in [6, 6.07) is 6.13. The lowest BCUT2D eigenvalue weighted by molar-refractivity contribution is -0.121. The quantitative estimate of drug-likeness (QED) is 0.915. The Hall–Kier alpha value is -1.88. The molecule has 3 rings (SSSR count). The first-order valence-electron chi connectivity index (χ1n) is 7.53. The normalized spacial score (nSPS) is 18.2. The molecule has 0 saturated carbocycles. The summed E-state index contributed by atoms with van der Waals surface area (Å²) in [5, 5.41) is 8.47. The number of nitrogens with one attached hydrogen (secondary N) is 1. The Morgan fingerprint density at radius 2 is 2.43 bits per heavy atom. The molecule has 21 heavy (non-hydrogen) atoms. The molecule has 0 bridgehead atoms. The van der Waals surface area contributed by atoms with Crippen molar-refractivity contribution in [3.05, 3.63) is 30.0 Å². The molecule has 1 atom stereocenters. The predicted molar refractivity (Wildman–Crippen MR) is 81.1 cm³/mol. The predicted octanol–water partition coefficient (Wildman–Crippen LogP) is 2.03. The molecule has 1 aromatic carbocycles. The molecule has 1 N–H and O–H groups in total. The van der Waals surface area contributed by atoms with Crippen molar-refractivity contribution < 1.29 is 9.53 Å². The molecule has 1 fully saturated rings. The molecular weight excluding hydrogens is 266 g/mol. The molecule has 5 heteroatoms. The van der Waals surface area contributed by atoms with E-state index < -0.39 is 0 Å². The van der Waals surface area contributed by atoms with Crippen LogP contribution in [0.5, 0.6) is 0 Å². The molecule has 0 spiro atoms. The second-order valence-corrected chi connectivity index (χ2v) is 5.56. The van der Waals surface area contributed by atoms with Gasteiger partial charge in [0, 0.05) is 25.0 Å². The van der Waals surface area contributed by atoms with Gasteiger partial charge in [-0.05, 0) is 31.4 Å². The maximum Gasteiger partial charge on any atom is 0.221 e. The molecule has 1 amide bonds. The van der Waals surface area contributed by atoms with Crippen LogP contribution in [0.25, 0.3) is 10.9 Å². The number of benzene rings is 1. The molecule has 2 heterocycles. The van der Waals surface area contributed by atoms with Gasteiger partial charge in [-0.3, -0.25) is 9.48 Å². The molecule has 0 aliphatic carbocycles. The first kappa shape index (κ1) is 14.1. The summed E-state index contributed by atoms with van der Waals surface area (Å²) in [6.45, 7) is 4.12. The van der Waals surface area contributed by atoms with Gasteiger partial charge in [-0.25, -0.2) is 0 Å². The fourth-order valence-electron chi connectivity index (χ4n) is 2.75. The number of hydrogen-bond donors (Lipinski definition) is 1. The zero-order chi connectivity index (χ0) is 14.7. The van der Waals surface area contributed by atoms with Crippen molar-refractivity contribution in [2.75, 3.05) is 13.2 Å². The van der Waals surface area contributed by atoms with Crippen molar-refractivity contribution in [1.29, 1.82) is 0 Å². The molecule has 1 unspecified atom stereocenters. The van der Waals surface area contributed by atoms with E-state index in [0.717, 1.165) is 30.4 Å². The van der Waals surface area contributed by atoms with E-state index in [1.54, 1.807) is 0 Å². The third-order valence-corrected chi connectivity index (χ3v) is 4.01. The van der Waals surface area contributed by atoms with Gasteiger partial charge in [-0.1, -0.05) is 12.1 Å². The number of aromatic nitrogens is 2. The van der Waals surface area contributed by atoms with Crippen LogP contribution in [-0.2, 0) is 16.1 Å². The Bertz CT molecular complexity index is 629. The molecule has 1 aliphatic heterocycles. The molecule has 5 nitrogen and oxygen atoms in total. The van der Waals surface area contributed by atoms with E-state index in [-0.39, 0.29) is 12.0 Å². The minimum atomic E-state index is 0.0572. The smallest absolute Gasteiger partial charge is 0.221 e. The summed E-state index contributed by atoms with van der Waals surface area (Å²) in [5.41, 5.74) is 2.29.